The fourth-order valence-electron chi connectivity index (χ4n) is 2.26. The second-order valence-electron chi connectivity index (χ2n) is 5.97. The molecule has 19 heavy (non-hydrogen) atoms. The van der Waals surface area contributed by atoms with E-state index in [4.69, 9.17) is 0 Å². The molecule has 1 aromatic carbocycles. The summed E-state index contributed by atoms with van der Waals surface area (Å²) in [5.41, 5.74) is 1.49. The summed E-state index contributed by atoms with van der Waals surface area (Å²) in [5, 5.41) is 6.90. The van der Waals surface area contributed by atoms with Gasteiger partial charge in [0, 0.05) is 17.6 Å². The largest absolute Gasteiger partial charge is 0.301 e. The first kappa shape index (κ1) is 14.2. The molecule has 0 bridgehead atoms. The molecular formula is C16H22N2S. The van der Waals surface area contributed by atoms with E-state index in [1.165, 1.54) is 5.56 Å². The van der Waals surface area contributed by atoms with Crippen molar-refractivity contribution >= 4 is 11.3 Å². The predicted octanol–water partition coefficient (Wildman–Crippen LogP) is 4.58. The fourth-order valence-corrected chi connectivity index (χ4v) is 2.92. The van der Waals surface area contributed by atoms with Crippen LogP contribution in [-0.2, 0) is 0 Å². The Balaban J connectivity index is 2.20. The molecule has 102 valence electrons. The lowest BCUT2D eigenvalue weighted by molar-refractivity contribution is 0.254. The third kappa shape index (κ3) is 3.64. The molecule has 2 unspecified atom stereocenters. The number of nitrogens with zero attached hydrogens (tertiary/aromatic N) is 1. The quantitative estimate of drug-likeness (QED) is 0.882. The van der Waals surface area contributed by atoms with Gasteiger partial charge >= 0.3 is 0 Å². The lowest BCUT2D eigenvalue weighted by atomic mass is 9.82. The van der Waals surface area contributed by atoms with Crippen molar-refractivity contribution in [3.63, 3.8) is 0 Å². The molecule has 1 N–H and O–H groups in total. The van der Waals surface area contributed by atoms with Crippen LogP contribution in [0.25, 0.3) is 0 Å². The summed E-state index contributed by atoms with van der Waals surface area (Å²) in [4.78, 5) is 4.40. The van der Waals surface area contributed by atoms with Crippen LogP contribution in [0.5, 0.6) is 0 Å². The van der Waals surface area contributed by atoms with E-state index in [0.29, 0.717) is 6.04 Å². The van der Waals surface area contributed by atoms with Gasteiger partial charge in [0.2, 0.25) is 0 Å². The second-order valence-corrected chi connectivity index (χ2v) is 6.89. The van der Waals surface area contributed by atoms with E-state index in [0.717, 1.165) is 5.01 Å². The minimum absolute atomic E-state index is 0.160. The number of hydrogen-bond acceptors (Lipinski definition) is 3. The first-order chi connectivity index (χ1) is 8.98. The van der Waals surface area contributed by atoms with Gasteiger partial charge in [0.25, 0.3) is 0 Å². The highest BCUT2D eigenvalue weighted by molar-refractivity contribution is 7.09. The summed E-state index contributed by atoms with van der Waals surface area (Å²) < 4.78 is 0. The lowest BCUT2D eigenvalue weighted by Crippen LogP contribution is -2.34. The van der Waals surface area contributed by atoms with Crippen LogP contribution in [0.4, 0.5) is 0 Å². The van der Waals surface area contributed by atoms with Gasteiger partial charge in [-0.3, -0.25) is 0 Å². The molecule has 0 spiro atoms. The number of thiazole rings is 1. The SMILES string of the molecule is CC(NC(c1ccccc1)C(C)(C)C)c1nccs1. The molecule has 2 aromatic rings. The minimum Gasteiger partial charge on any atom is -0.301 e. The van der Waals surface area contributed by atoms with E-state index < -0.39 is 0 Å². The Morgan fingerprint density at radius 1 is 1.16 bits per heavy atom. The molecule has 0 aliphatic heterocycles. The van der Waals surface area contributed by atoms with Crippen molar-refractivity contribution in [2.24, 2.45) is 5.41 Å². The molecule has 0 fully saturated rings. The molecule has 0 saturated carbocycles. The van der Waals surface area contributed by atoms with Crippen LogP contribution in [0, 0.1) is 5.41 Å². The highest BCUT2D eigenvalue weighted by Crippen LogP contribution is 2.34. The molecule has 0 aliphatic carbocycles. The normalized spacial score (nSPS) is 15.2. The zero-order valence-corrected chi connectivity index (χ0v) is 12.9. The smallest absolute Gasteiger partial charge is 0.109 e. The average Bonchev–Trinajstić information content (AvgIpc) is 2.89. The topological polar surface area (TPSA) is 24.9 Å². The number of nitrogens with one attached hydrogen (secondary N) is 1. The van der Waals surface area contributed by atoms with Crippen LogP contribution < -0.4 is 5.32 Å². The standard InChI is InChI=1S/C16H22N2S/c1-12(15-17-10-11-19-15)18-14(16(2,3)4)13-8-6-5-7-9-13/h5-12,14,18H,1-4H3. The fraction of sp³-hybridized carbons (Fsp3) is 0.438. The Labute approximate surface area is 119 Å². The average molecular weight is 274 g/mol. The van der Waals surface area contributed by atoms with Gasteiger partial charge in [0.15, 0.2) is 0 Å². The third-order valence-corrected chi connectivity index (χ3v) is 4.20. The monoisotopic (exact) mass is 274 g/mol. The van der Waals surface area contributed by atoms with Crippen molar-refractivity contribution < 1.29 is 0 Å². The van der Waals surface area contributed by atoms with Crippen molar-refractivity contribution in [1.82, 2.24) is 10.3 Å². The van der Waals surface area contributed by atoms with Crippen molar-refractivity contribution in [3.8, 4) is 0 Å². The molecule has 2 atom stereocenters. The highest BCUT2D eigenvalue weighted by atomic mass is 32.1. The van der Waals surface area contributed by atoms with Gasteiger partial charge in [0.1, 0.15) is 5.01 Å². The first-order valence-electron chi connectivity index (χ1n) is 6.69. The van der Waals surface area contributed by atoms with Crippen molar-refractivity contribution in [2.75, 3.05) is 0 Å². The zero-order valence-electron chi connectivity index (χ0n) is 12.1. The van der Waals surface area contributed by atoms with E-state index in [2.05, 4.69) is 68.3 Å². The summed E-state index contributed by atoms with van der Waals surface area (Å²) in [6, 6.07) is 11.2. The van der Waals surface area contributed by atoms with Gasteiger partial charge in [-0.2, -0.15) is 0 Å². The van der Waals surface area contributed by atoms with Gasteiger partial charge in [-0.25, -0.2) is 4.98 Å². The number of benzene rings is 1. The molecule has 2 rings (SSSR count). The van der Waals surface area contributed by atoms with Gasteiger partial charge < -0.3 is 5.32 Å². The number of aromatic nitrogens is 1. The van der Waals surface area contributed by atoms with Gasteiger partial charge in [-0.05, 0) is 17.9 Å². The first-order valence-corrected chi connectivity index (χ1v) is 7.57. The second kappa shape index (κ2) is 5.85. The Bertz CT molecular complexity index is 485. The van der Waals surface area contributed by atoms with Crippen LogP contribution in [-0.4, -0.2) is 4.98 Å². The molecule has 0 amide bonds. The van der Waals surface area contributed by atoms with Crippen LogP contribution in [0.2, 0.25) is 0 Å². The van der Waals surface area contributed by atoms with E-state index in [-0.39, 0.29) is 11.5 Å². The molecular weight excluding hydrogens is 252 g/mol. The summed E-state index contributed by atoms with van der Waals surface area (Å²) >= 11 is 1.71. The van der Waals surface area contributed by atoms with E-state index >= 15 is 0 Å². The van der Waals surface area contributed by atoms with Gasteiger partial charge in [-0.15, -0.1) is 11.3 Å². The van der Waals surface area contributed by atoms with Crippen LogP contribution in [0.15, 0.2) is 41.9 Å². The van der Waals surface area contributed by atoms with E-state index in [9.17, 15) is 0 Å². The Hall–Kier alpha value is -1.19. The summed E-state index contributed by atoms with van der Waals surface area (Å²) in [6.45, 7) is 8.99. The van der Waals surface area contributed by atoms with Crippen molar-refractivity contribution in [2.45, 2.75) is 39.8 Å². The maximum atomic E-state index is 4.40. The molecule has 0 aliphatic rings. The number of hydrogen-bond donors (Lipinski definition) is 1. The van der Waals surface area contributed by atoms with Crippen LogP contribution in [0.1, 0.15) is 50.3 Å². The zero-order chi connectivity index (χ0) is 13.9. The molecule has 0 saturated heterocycles. The maximum Gasteiger partial charge on any atom is 0.109 e. The van der Waals surface area contributed by atoms with Gasteiger partial charge in [-0.1, -0.05) is 51.1 Å². The molecule has 1 aromatic heterocycles. The van der Waals surface area contributed by atoms with Crippen molar-refractivity contribution in [1.29, 1.82) is 0 Å². The van der Waals surface area contributed by atoms with Crippen molar-refractivity contribution in [3.05, 3.63) is 52.5 Å². The van der Waals surface area contributed by atoms with E-state index in [1.807, 2.05) is 11.6 Å². The minimum atomic E-state index is 0.160. The van der Waals surface area contributed by atoms with E-state index in [1.54, 1.807) is 11.3 Å². The Morgan fingerprint density at radius 3 is 2.37 bits per heavy atom. The predicted molar refractivity (Wildman–Crippen MR) is 82.3 cm³/mol. The van der Waals surface area contributed by atoms with Crippen LogP contribution >= 0.6 is 11.3 Å². The molecule has 0 radical (unpaired) electrons. The molecule has 3 heteroatoms. The summed E-state index contributed by atoms with van der Waals surface area (Å²) in [6.07, 6.45) is 1.87. The molecule has 2 nitrogen and oxygen atoms in total. The number of rotatable bonds is 4. The Kier molecular flexibility index (Phi) is 4.38. The maximum absolute atomic E-state index is 4.40. The summed E-state index contributed by atoms with van der Waals surface area (Å²) in [5.74, 6) is 0. The lowest BCUT2D eigenvalue weighted by Gasteiger charge is -2.34. The summed E-state index contributed by atoms with van der Waals surface area (Å²) in [7, 11) is 0. The Morgan fingerprint density at radius 2 is 1.84 bits per heavy atom. The van der Waals surface area contributed by atoms with Crippen LogP contribution in [0.3, 0.4) is 0 Å². The molecule has 1 heterocycles. The van der Waals surface area contributed by atoms with Gasteiger partial charge in [0.05, 0.1) is 6.04 Å². The third-order valence-electron chi connectivity index (χ3n) is 3.24. The highest BCUT2D eigenvalue weighted by Gasteiger charge is 2.28.